The van der Waals surface area contributed by atoms with Crippen LogP contribution >= 0.6 is 0 Å². The molecule has 0 radical (unpaired) electrons. The lowest BCUT2D eigenvalue weighted by Crippen LogP contribution is -2.59. The molecule has 0 aromatic heterocycles. The molecule has 6 nitrogen and oxygen atoms in total. The van der Waals surface area contributed by atoms with Gasteiger partial charge in [0, 0.05) is 18.7 Å². The number of carbonyl (C=O) groups is 1. The maximum absolute atomic E-state index is 13.1. The van der Waals surface area contributed by atoms with Crippen LogP contribution in [-0.2, 0) is 10.0 Å². The van der Waals surface area contributed by atoms with Crippen LogP contribution in [0.3, 0.4) is 0 Å². The Kier molecular flexibility index (Phi) is 4.31. The van der Waals surface area contributed by atoms with Crippen molar-refractivity contribution in [3.05, 3.63) is 29.8 Å². The number of carbonyl (C=O) groups excluding carboxylic acids is 1. The molecule has 0 unspecified atom stereocenters. The fourth-order valence-corrected chi connectivity index (χ4v) is 5.46. The number of nitrogens with zero attached hydrogens (tertiary/aromatic N) is 2. The van der Waals surface area contributed by atoms with E-state index in [0.717, 1.165) is 32.5 Å². The Bertz CT molecular complexity index is 694. The predicted octanol–water partition coefficient (Wildman–Crippen LogP) is 0.905. The van der Waals surface area contributed by atoms with Crippen molar-refractivity contribution >= 4 is 15.8 Å². The fraction of sp³-hybridized carbons (Fsp3) is 0.562. The largest absolute Gasteiger partial charge is 0.316 e. The van der Waals surface area contributed by atoms with Gasteiger partial charge in [0.05, 0.1) is 10.6 Å². The smallest absolute Gasteiger partial charge is 0.244 e. The summed E-state index contributed by atoms with van der Waals surface area (Å²) in [5, 5.41) is 3.30. The number of benzene rings is 1. The van der Waals surface area contributed by atoms with Crippen molar-refractivity contribution in [2.24, 2.45) is 0 Å². The van der Waals surface area contributed by atoms with Crippen molar-refractivity contribution in [2.75, 3.05) is 33.2 Å². The summed E-state index contributed by atoms with van der Waals surface area (Å²) in [6.07, 6.45) is 1.57. The Balaban J connectivity index is 1.96. The SMILES string of the molecule is CC(=O)c1ccc(S(=O)(=O)N2CCN(C)C23CCNCC3)cc1. The third-order valence-corrected chi connectivity index (χ3v) is 7.04. The monoisotopic (exact) mass is 337 g/mol. The number of Topliss-reactive ketones (excluding diaryl/α,β-unsaturated/α-hetero) is 1. The van der Waals surface area contributed by atoms with Crippen LogP contribution in [0.5, 0.6) is 0 Å². The molecule has 1 aromatic rings. The Morgan fingerprint density at radius 2 is 1.74 bits per heavy atom. The summed E-state index contributed by atoms with van der Waals surface area (Å²) in [5.41, 5.74) is 0.0997. The maximum Gasteiger partial charge on any atom is 0.244 e. The van der Waals surface area contributed by atoms with Crippen LogP contribution in [-0.4, -0.2) is 62.3 Å². The molecule has 2 aliphatic heterocycles. The summed E-state index contributed by atoms with van der Waals surface area (Å²) in [6, 6.07) is 6.26. The lowest BCUT2D eigenvalue weighted by molar-refractivity contribution is 0.0510. The summed E-state index contributed by atoms with van der Waals surface area (Å²) in [6.45, 7) is 4.36. The van der Waals surface area contributed by atoms with Gasteiger partial charge < -0.3 is 5.32 Å². The van der Waals surface area contributed by atoms with Crippen LogP contribution in [0.1, 0.15) is 30.1 Å². The van der Waals surface area contributed by atoms with E-state index in [-0.39, 0.29) is 10.7 Å². The molecule has 0 saturated carbocycles. The standard InChI is InChI=1S/C16H23N3O3S/c1-13(20)14-3-5-15(6-4-14)23(21,22)19-12-11-18(2)16(19)7-9-17-10-8-16/h3-6,17H,7-12H2,1-2H3. The average molecular weight is 337 g/mol. The fourth-order valence-electron chi connectivity index (χ4n) is 3.64. The second-order valence-electron chi connectivity index (χ2n) is 6.31. The maximum atomic E-state index is 13.1. The van der Waals surface area contributed by atoms with E-state index in [1.807, 2.05) is 7.05 Å². The lowest BCUT2D eigenvalue weighted by atomic mass is 9.98. The van der Waals surface area contributed by atoms with E-state index >= 15 is 0 Å². The number of ketones is 1. The molecule has 0 atom stereocenters. The van der Waals surface area contributed by atoms with Crippen LogP contribution in [0.15, 0.2) is 29.2 Å². The molecule has 3 rings (SSSR count). The first-order valence-corrected chi connectivity index (χ1v) is 9.38. The molecule has 1 N–H and O–H groups in total. The molecule has 2 aliphatic rings. The van der Waals surface area contributed by atoms with Gasteiger partial charge in [-0.3, -0.25) is 9.69 Å². The van der Waals surface area contributed by atoms with E-state index in [9.17, 15) is 13.2 Å². The van der Waals surface area contributed by atoms with Crippen LogP contribution in [0.25, 0.3) is 0 Å². The zero-order valence-electron chi connectivity index (χ0n) is 13.6. The molecule has 0 aliphatic carbocycles. The summed E-state index contributed by atoms with van der Waals surface area (Å²) in [5.74, 6) is -0.0651. The predicted molar refractivity (Wildman–Crippen MR) is 87.8 cm³/mol. The van der Waals surface area contributed by atoms with Crippen LogP contribution in [0.2, 0.25) is 0 Å². The van der Waals surface area contributed by atoms with Crippen LogP contribution < -0.4 is 5.32 Å². The highest BCUT2D eigenvalue weighted by Crippen LogP contribution is 2.37. The second-order valence-corrected chi connectivity index (χ2v) is 8.17. The Hall–Kier alpha value is -1.28. The van der Waals surface area contributed by atoms with Crippen LogP contribution in [0.4, 0.5) is 0 Å². The molecule has 2 fully saturated rings. The summed E-state index contributed by atoms with van der Waals surface area (Å²) in [7, 11) is -1.57. The number of sulfonamides is 1. The van der Waals surface area contributed by atoms with Crippen LogP contribution in [0, 0.1) is 0 Å². The van der Waals surface area contributed by atoms with Gasteiger partial charge in [0.2, 0.25) is 10.0 Å². The third-order valence-electron chi connectivity index (χ3n) is 5.07. The van der Waals surface area contributed by atoms with Gasteiger partial charge in [-0.05, 0) is 52.0 Å². The Morgan fingerprint density at radius 3 is 2.30 bits per heavy atom. The summed E-state index contributed by atoms with van der Waals surface area (Å²) < 4.78 is 27.9. The van der Waals surface area contributed by atoms with Crippen molar-refractivity contribution in [3.63, 3.8) is 0 Å². The molecular weight excluding hydrogens is 314 g/mol. The molecular formula is C16H23N3O3S. The highest BCUT2D eigenvalue weighted by atomic mass is 32.2. The molecule has 2 heterocycles. The number of piperidine rings is 1. The van der Waals surface area contributed by atoms with E-state index in [1.54, 1.807) is 28.6 Å². The lowest BCUT2D eigenvalue weighted by Gasteiger charge is -2.44. The summed E-state index contributed by atoms with van der Waals surface area (Å²) >= 11 is 0. The number of hydrogen-bond acceptors (Lipinski definition) is 5. The second kappa shape index (κ2) is 5.98. The van der Waals surface area contributed by atoms with E-state index < -0.39 is 15.7 Å². The van der Waals surface area contributed by atoms with Crippen molar-refractivity contribution in [1.29, 1.82) is 0 Å². The molecule has 0 bridgehead atoms. The van der Waals surface area contributed by atoms with Gasteiger partial charge in [-0.2, -0.15) is 4.31 Å². The Labute approximate surface area is 137 Å². The van der Waals surface area contributed by atoms with E-state index in [4.69, 9.17) is 0 Å². The molecule has 23 heavy (non-hydrogen) atoms. The highest BCUT2D eigenvalue weighted by Gasteiger charge is 2.51. The van der Waals surface area contributed by atoms with Crippen molar-refractivity contribution in [2.45, 2.75) is 30.3 Å². The number of likely N-dealkylation sites (N-methyl/N-ethyl adjacent to an activating group) is 1. The topological polar surface area (TPSA) is 69.7 Å². The first kappa shape index (κ1) is 16.6. The zero-order chi connectivity index (χ0) is 16.7. The highest BCUT2D eigenvalue weighted by molar-refractivity contribution is 7.89. The minimum absolute atomic E-state index is 0.0651. The van der Waals surface area contributed by atoms with Gasteiger partial charge in [-0.15, -0.1) is 0 Å². The van der Waals surface area contributed by atoms with Gasteiger partial charge in [-0.25, -0.2) is 8.42 Å². The van der Waals surface area contributed by atoms with E-state index in [2.05, 4.69) is 10.2 Å². The third kappa shape index (κ3) is 2.71. The summed E-state index contributed by atoms with van der Waals surface area (Å²) in [4.78, 5) is 13.8. The molecule has 1 aromatic carbocycles. The number of hydrogen-bond donors (Lipinski definition) is 1. The number of nitrogens with one attached hydrogen (secondary N) is 1. The van der Waals surface area contributed by atoms with Gasteiger partial charge in [0.25, 0.3) is 0 Å². The quantitative estimate of drug-likeness (QED) is 0.830. The van der Waals surface area contributed by atoms with E-state index in [1.165, 1.54) is 6.92 Å². The first-order valence-electron chi connectivity index (χ1n) is 7.94. The van der Waals surface area contributed by atoms with Crippen molar-refractivity contribution in [1.82, 2.24) is 14.5 Å². The average Bonchev–Trinajstić information content (AvgIpc) is 2.85. The van der Waals surface area contributed by atoms with Gasteiger partial charge in [0.1, 0.15) is 0 Å². The zero-order valence-corrected chi connectivity index (χ0v) is 14.4. The molecule has 0 amide bonds. The van der Waals surface area contributed by atoms with Crippen molar-refractivity contribution < 1.29 is 13.2 Å². The first-order chi connectivity index (χ1) is 10.9. The van der Waals surface area contributed by atoms with Crippen molar-refractivity contribution in [3.8, 4) is 0 Å². The van der Waals surface area contributed by atoms with Gasteiger partial charge in [0.15, 0.2) is 5.78 Å². The van der Waals surface area contributed by atoms with Gasteiger partial charge >= 0.3 is 0 Å². The normalized spacial score (nSPS) is 22.5. The minimum atomic E-state index is -3.57. The number of rotatable bonds is 3. The molecule has 1 spiro atoms. The molecule has 126 valence electrons. The minimum Gasteiger partial charge on any atom is -0.316 e. The van der Waals surface area contributed by atoms with Gasteiger partial charge in [-0.1, -0.05) is 12.1 Å². The molecule has 7 heteroatoms. The molecule has 2 saturated heterocycles. The Morgan fingerprint density at radius 1 is 1.13 bits per heavy atom. The van der Waals surface area contributed by atoms with E-state index in [0.29, 0.717) is 12.1 Å².